The van der Waals surface area contributed by atoms with Crippen LogP contribution in [-0.2, 0) is 4.74 Å². The molecule has 0 aromatic rings. The Morgan fingerprint density at radius 3 is 2.59 bits per heavy atom. The van der Waals surface area contributed by atoms with Gasteiger partial charge in [0.05, 0.1) is 11.7 Å². The monoisotopic (exact) mass is 239 g/mol. The van der Waals surface area contributed by atoms with Crippen molar-refractivity contribution < 1.29 is 4.74 Å². The zero-order valence-electron chi connectivity index (χ0n) is 11.8. The minimum absolute atomic E-state index is 0.132. The molecule has 2 aliphatic rings. The van der Waals surface area contributed by atoms with Gasteiger partial charge in [-0.05, 0) is 58.4 Å². The molecule has 0 aromatic heterocycles. The third-order valence-electron chi connectivity index (χ3n) is 4.50. The Hall–Kier alpha value is -0.0800. The molecule has 1 saturated heterocycles. The molecule has 2 fully saturated rings. The van der Waals surface area contributed by atoms with Gasteiger partial charge >= 0.3 is 0 Å². The summed E-state index contributed by atoms with van der Waals surface area (Å²) in [5.41, 5.74) is 0.132. The zero-order valence-corrected chi connectivity index (χ0v) is 11.8. The van der Waals surface area contributed by atoms with Crippen molar-refractivity contribution in [3.05, 3.63) is 0 Å². The molecule has 0 amide bonds. The van der Waals surface area contributed by atoms with Crippen molar-refractivity contribution in [1.29, 1.82) is 0 Å². The van der Waals surface area contributed by atoms with Crippen LogP contribution in [0.2, 0.25) is 0 Å². The molecule has 3 unspecified atom stereocenters. The summed E-state index contributed by atoms with van der Waals surface area (Å²) in [5, 5.41) is 3.67. The molecular weight excluding hydrogens is 210 g/mol. The predicted octanol–water partition coefficient (Wildman–Crippen LogP) is 3.50. The molecule has 3 atom stereocenters. The Kier molecular flexibility index (Phi) is 4.48. The lowest BCUT2D eigenvalue weighted by molar-refractivity contribution is -0.0287. The number of ether oxygens (including phenoxy) is 1. The zero-order chi connectivity index (χ0) is 12.3. The van der Waals surface area contributed by atoms with E-state index in [1.165, 1.54) is 44.9 Å². The highest BCUT2D eigenvalue weighted by molar-refractivity contribution is 4.87. The summed E-state index contributed by atoms with van der Waals surface area (Å²) in [6, 6.07) is 0.751. The Labute approximate surface area is 107 Å². The Balaban J connectivity index is 1.84. The minimum atomic E-state index is 0.132. The molecule has 0 aromatic carbocycles. The van der Waals surface area contributed by atoms with E-state index < -0.39 is 0 Å². The highest BCUT2D eigenvalue weighted by atomic mass is 16.5. The lowest BCUT2D eigenvalue weighted by Crippen LogP contribution is -2.40. The van der Waals surface area contributed by atoms with E-state index in [9.17, 15) is 0 Å². The summed E-state index contributed by atoms with van der Waals surface area (Å²) in [7, 11) is 0. The van der Waals surface area contributed by atoms with Gasteiger partial charge in [0.15, 0.2) is 0 Å². The summed E-state index contributed by atoms with van der Waals surface area (Å²) in [6.07, 6.45) is 9.90. The van der Waals surface area contributed by atoms with E-state index in [1.807, 2.05) is 0 Å². The molecule has 1 saturated carbocycles. The summed E-state index contributed by atoms with van der Waals surface area (Å²) >= 11 is 0. The quantitative estimate of drug-likeness (QED) is 0.810. The van der Waals surface area contributed by atoms with Gasteiger partial charge in [0.2, 0.25) is 0 Å². The smallest absolute Gasteiger partial charge is 0.0631 e. The lowest BCUT2D eigenvalue weighted by atomic mass is 9.80. The van der Waals surface area contributed by atoms with Crippen molar-refractivity contribution >= 4 is 0 Å². The first-order valence-corrected chi connectivity index (χ1v) is 7.52. The van der Waals surface area contributed by atoms with Gasteiger partial charge in [-0.15, -0.1) is 0 Å². The van der Waals surface area contributed by atoms with Crippen LogP contribution >= 0.6 is 0 Å². The van der Waals surface area contributed by atoms with Crippen LogP contribution < -0.4 is 5.32 Å². The van der Waals surface area contributed by atoms with Crippen molar-refractivity contribution in [2.24, 2.45) is 5.92 Å². The van der Waals surface area contributed by atoms with E-state index in [-0.39, 0.29) is 5.60 Å². The number of nitrogens with one attached hydrogen (secondary N) is 1. The van der Waals surface area contributed by atoms with E-state index in [4.69, 9.17) is 4.74 Å². The number of hydrogen-bond donors (Lipinski definition) is 1. The third kappa shape index (κ3) is 3.69. The second-order valence-corrected chi connectivity index (χ2v) is 6.48. The van der Waals surface area contributed by atoms with Crippen LogP contribution in [0.4, 0.5) is 0 Å². The van der Waals surface area contributed by atoms with Crippen molar-refractivity contribution in [1.82, 2.24) is 5.32 Å². The highest BCUT2D eigenvalue weighted by Crippen LogP contribution is 2.36. The van der Waals surface area contributed by atoms with Crippen LogP contribution in [0, 0.1) is 5.92 Å². The molecule has 1 aliphatic heterocycles. The average Bonchev–Trinajstić information content (AvgIpc) is 2.61. The normalized spacial score (nSPS) is 37.2. The van der Waals surface area contributed by atoms with Crippen LogP contribution in [0.15, 0.2) is 0 Å². The number of hydrogen-bond acceptors (Lipinski definition) is 2. The van der Waals surface area contributed by atoms with Crippen LogP contribution in [-0.4, -0.2) is 24.3 Å². The lowest BCUT2D eigenvalue weighted by Gasteiger charge is -2.34. The Morgan fingerprint density at radius 2 is 1.94 bits per heavy atom. The van der Waals surface area contributed by atoms with Gasteiger partial charge in [-0.2, -0.15) is 0 Å². The van der Waals surface area contributed by atoms with Crippen molar-refractivity contribution in [2.45, 2.75) is 83.5 Å². The molecule has 100 valence electrons. The van der Waals surface area contributed by atoms with Gasteiger partial charge in [-0.25, -0.2) is 0 Å². The Morgan fingerprint density at radius 1 is 1.18 bits per heavy atom. The molecule has 17 heavy (non-hydrogen) atoms. The highest BCUT2D eigenvalue weighted by Gasteiger charge is 2.35. The summed E-state index contributed by atoms with van der Waals surface area (Å²) < 4.78 is 6.15. The summed E-state index contributed by atoms with van der Waals surface area (Å²) in [4.78, 5) is 0. The molecule has 1 heterocycles. The second kappa shape index (κ2) is 5.71. The maximum Gasteiger partial charge on any atom is 0.0631 e. The first-order valence-electron chi connectivity index (χ1n) is 7.52. The molecule has 1 N–H and O–H groups in total. The second-order valence-electron chi connectivity index (χ2n) is 6.48. The Bertz CT molecular complexity index is 237. The van der Waals surface area contributed by atoms with Gasteiger partial charge < -0.3 is 10.1 Å². The van der Waals surface area contributed by atoms with E-state index >= 15 is 0 Å². The van der Waals surface area contributed by atoms with Crippen molar-refractivity contribution in [2.75, 3.05) is 6.54 Å². The fraction of sp³-hybridized carbons (Fsp3) is 1.00. The van der Waals surface area contributed by atoms with E-state index in [0.717, 1.165) is 18.5 Å². The van der Waals surface area contributed by atoms with E-state index in [2.05, 4.69) is 26.1 Å². The minimum Gasteiger partial charge on any atom is -0.372 e. The molecule has 2 rings (SSSR count). The molecule has 0 spiro atoms. The van der Waals surface area contributed by atoms with Gasteiger partial charge in [-0.3, -0.25) is 0 Å². The van der Waals surface area contributed by atoms with Crippen LogP contribution in [0.3, 0.4) is 0 Å². The SMILES string of the molecule is CCNC1CCCCC1CC1CCC(C)(C)O1. The van der Waals surface area contributed by atoms with E-state index in [1.54, 1.807) is 0 Å². The van der Waals surface area contributed by atoms with Gasteiger partial charge in [-0.1, -0.05) is 19.8 Å². The summed E-state index contributed by atoms with van der Waals surface area (Å²) in [6.45, 7) is 7.80. The predicted molar refractivity (Wildman–Crippen MR) is 72.2 cm³/mol. The average molecular weight is 239 g/mol. The van der Waals surface area contributed by atoms with Crippen molar-refractivity contribution in [3.63, 3.8) is 0 Å². The van der Waals surface area contributed by atoms with Crippen molar-refractivity contribution in [3.8, 4) is 0 Å². The standard InChI is InChI=1S/C15H29NO/c1-4-16-14-8-6-5-7-12(14)11-13-9-10-15(2,3)17-13/h12-14,16H,4-11H2,1-3H3. The molecule has 2 nitrogen and oxygen atoms in total. The summed E-state index contributed by atoms with van der Waals surface area (Å²) in [5.74, 6) is 0.850. The van der Waals surface area contributed by atoms with Crippen LogP contribution in [0.1, 0.15) is 65.7 Å². The van der Waals surface area contributed by atoms with Gasteiger partial charge in [0.1, 0.15) is 0 Å². The maximum absolute atomic E-state index is 6.15. The van der Waals surface area contributed by atoms with Gasteiger partial charge in [0, 0.05) is 6.04 Å². The maximum atomic E-state index is 6.15. The first kappa shape index (κ1) is 13.4. The van der Waals surface area contributed by atoms with Gasteiger partial charge in [0.25, 0.3) is 0 Å². The fourth-order valence-electron chi connectivity index (χ4n) is 3.60. The van der Waals surface area contributed by atoms with E-state index in [0.29, 0.717) is 6.10 Å². The number of rotatable bonds is 4. The third-order valence-corrected chi connectivity index (χ3v) is 4.50. The molecule has 0 radical (unpaired) electrons. The van der Waals surface area contributed by atoms with Crippen LogP contribution in [0.25, 0.3) is 0 Å². The molecule has 0 bridgehead atoms. The first-order chi connectivity index (χ1) is 8.11. The molecule has 1 aliphatic carbocycles. The topological polar surface area (TPSA) is 21.3 Å². The van der Waals surface area contributed by atoms with Crippen LogP contribution in [0.5, 0.6) is 0 Å². The fourth-order valence-corrected chi connectivity index (χ4v) is 3.60. The molecule has 2 heteroatoms. The molecular formula is C15H29NO. The largest absolute Gasteiger partial charge is 0.372 e.